The molecule has 4 atom stereocenters. The molecule has 1 aliphatic heterocycles. The number of carbonyl (C=O) groups is 1. The number of nitrogen functional groups attached to an aromatic ring is 1. The van der Waals surface area contributed by atoms with Gasteiger partial charge in [-0.25, -0.2) is 4.98 Å². The van der Waals surface area contributed by atoms with Gasteiger partial charge >= 0.3 is 0 Å². The molecule has 0 spiro atoms. The smallest absolute Gasteiger partial charge is 0.226 e. The molecule has 9 nitrogen and oxygen atoms in total. The van der Waals surface area contributed by atoms with E-state index in [2.05, 4.69) is 19.6 Å². The first-order chi connectivity index (χ1) is 16.7. The van der Waals surface area contributed by atoms with E-state index in [1.54, 1.807) is 10.7 Å². The van der Waals surface area contributed by atoms with E-state index in [1.807, 2.05) is 57.6 Å². The van der Waals surface area contributed by atoms with Crippen LogP contribution in [0.4, 0.5) is 5.82 Å². The highest BCUT2D eigenvalue weighted by Crippen LogP contribution is 2.52. The topological polar surface area (TPSA) is 110 Å². The Kier molecular flexibility index (Phi) is 5.00. The van der Waals surface area contributed by atoms with E-state index in [4.69, 9.17) is 26.8 Å². The number of anilines is 1. The van der Waals surface area contributed by atoms with Crippen molar-refractivity contribution in [1.82, 2.24) is 24.3 Å². The summed E-state index contributed by atoms with van der Waals surface area (Å²) in [6, 6.07) is 9.48. The minimum Gasteiger partial charge on any atom is -0.383 e. The van der Waals surface area contributed by atoms with Crippen molar-refractivity contribution in [3.05, 3.63) is 59.1 Å². The lowest BCUT2D eigenvalue weighted by Gasteiger charge is -2.24. The van der Waals surface area contributed by atoms with E-state index in [1.165, 1.54) is 0 Å². The SMILES string of the molecule is Cn1ccc(-c2cn([C@@H]3C[C@H](c4cccc(C=O)c4)[C@H]4OC(C)(C)O[C@H]43)c3nc(Cl)nc(N)c23)n1. The Morgan fingerprint density at radius 2 is 2.00 bits per heavy atom. The molecule has 1 aliphatic carbocycles. The van der Waals surface area contributed by atoms with Crippen molar-refractivity contribution in [3.63, 3.8) is 0 Å². The summed E-state index contributed by atoms with van der Waals surface area (Å²) >= 11 is 6.25. The largest absolute Gasteiger partial charge is 0.383 e. The number of fused-ring (bicyclic) bond motifs is 2. The van der Waals surface area contributed by atoms with Crippen LogP contribution in [-0.4, -0.2) is 48.6 Å². The summed E-state index contributed by atoms with van der Waals surface area (Å²) in [5.74, 6) is -0.419. The molecule has 2 aliphatic rings. The molecule has 10 heteroatoms. The first-order valence-electron chi connectivity index (χ1n) is 11.5. The number of aryl methyl sites for hydroxylation is 1. The van der Waals surface area contributed by atoms with E-state index in [0.29, 0.717) is 22.4 Å². The second-order valence-corrected chi connectivity index (χ2v) is 10.0. The minimum absolute atomic E-state index is 0.0251. The predicted molar refractivity (Wildman–Crippen MR) is 131 cm³/mol. The van der Waals surface area contributed by atoms with E-state index < -0.39 is 5.79 Å². The summed E-state index contributed by atoms with van der Waals surface area (Å²) in [5, 5.41) is 5.36. The Hall–Kier alpha value is -3.27. The monoisotopic (exact) mass is 492 g/mol. The second kappa shape index (κ2) is 7.87. The fraction of sp³-hybridized carbons (Fsp3) is 0.360. The van der Waals surface area contributed by atoms with Crippen LogP contribution in [0.3, 0.4) is 0 Å². The maximum Gasteiger partial charge on any atom is 0.226 e. The zero-order valence-corrected chi connectivity index (χ0v) is 20.3. The molecular weight excluding hydrogens is 468 g/mol. The fourth-order valence-electron chi connectivity index (χ4n) is 5.57. The standard InChI is InChI=1S/C25H25ClN6O3/c1-25(2)34-20-15(14-6-4-5-13(9-14)12-33)10-18(21(20)35-25)32-11-16(17-7-8-31(3)30-17)19-22(27)28-24(26)29-23(19)32/h4-9,11-12,15,18,20-21H,10H2,1-3H3,(H2,27,28,29)/t15-,18-,20-,21+/m1/s1. The molecular formula is C25H25ClN6O3. The molecule has 0 amide bonds. The Morgan fingerprint density at radius 1 is 1.20 bits per heavy atom. The van der Waals surface area contributed by atoms with Crippen LogP contribution in [0.15, 0.2) is 42.7 Å². The highest BCUT2D eigenvalue weighted by atomic mass is 35.5. The summed E-state index contributed by atoms with van der Waals surface area (Å²) in [7, 11) is 1.87. The summed E-state index contributed by atoms with van der Waals surface area (Å²) < 4.78 is 16.7. The lowest BCUT2D eigenvalue weighted by Crippen LogP contribution is -2.27. The average Bonchev–Trinajstić information content (AvgIpc) is 3.55. The van der Waals surface area contributed by atoms with Gasteiger partial charge in [0, 0.05) is 36.5 Å². The molecule has 1 saturated carbocycles. The minimum atomic E-state index is -0.743. The number of aromatic nitrogens is 5. The number of nitrogens with zero attached hydrogens (tertiary/aromatic N) is 5. The number of ether oxygens (including phenoxy) is 2. The van der Waals surface area contributed by atoms with Gasteiger partial charge in [0.2, 0.25) is 5.28 Å². The maximum atomic E-state index is 11.4. The van der Waals surface area contributed by atoms with E-state index in [9.17, 15) is 4.79 Å². The van der Waals surface area contributed by atoms with Gasteiger partial charge in [0.25, 0.3) is 0 Å². The predicted octanol–water partition coefficient (Wildman–Crippen LogP) is 4.13. The van der Waals surface area contributed by atoms with Crippen LogP contribution in [-0.2, 0) is 16.5 Å². The van der Waals surface area contributed by atoms with Crippen LogP contribution in [0, 0.1) is 0 Å². The summed E-state index contributed by atoms with van der Waals surface area (Å²) in [6.45, 7) is 3.84. The van der Waals surface area contributed by atoms with Crippen molar-refractivity contribution >= 4 is 34.7 Å². The van der Waals surface area contributed by atoms with Crippen LogP contribution in [0.2, 0.25) is 5.28 Å². The lowest BCUT2D eigenvalue weighted by atomic mass is 9.94. The molecule has 1 saturated heterocycles. The van der Waals surface area contributed by atoms with E-state index >= 15 is 0 Å². The zero-order valence-electron chi connectivity index (χ0n) is 19.6. The molecule has 4 aromatic rings. The van der Waals surface area contributed by atoms with Gasteiger partial charge in [0.1, 0.15) is 23.9 Å². The third-order valence-corrected chi connectivity index (χ3v) is 7.10. The van der Waals surface area contributed by atoms with E-state index in [-0.39, 0.29) is 29.5 Å². The van der Waals surface area contributed by atoms with Gasteiger partial charge < -0.3 is 19.8 Å². The van der Waals surface area contributed by atoms with Crippen molar-refractivity contribution in [2.75, 3.05) is 5.73 Å². The van der Waals surface area contributed by atoms with Gasteiger partial charge in [-0.3, -0.25) is 9.48 Å². The van der Waals surface area contributed by atoms with Crippen molar-refractivity contribution in [1.29, 1.82) is 0 Å². The summed E-state index contributed by atoms with van der Waals surface area (Å²) in [5.41, 5.74) is 10.2. The Bertz CT molecular complexity index is 1460. The average molecular weight is 493 g/mol. The second-order valence-electron chi connectivity index (χ2n) is 9.66. The number of hydrogen-bond acceptors (Lipinski definition) is 7. The Balaban J connectivity index is 1.52. The van der Waals surface area contributed by atoms with Gasteiger partial charge in [-0.1, -0.05) is 18.2 Å². The molecule has 0 bridgehead atoms. The number of hydrogen-bond donors (Lipinski definition) is 1. The van der Waals surface area contributed by atoms with Crippen molar-refractivity contribution in [2.24, 2.45) is 7.05 Å². The number of benzene rings is 1. The number of aldehydes is 1. The van der Waals surface area contributed by atoms with Crippen molar-refractivity contribution < 1.29 is 14.3 Å². The third-order valence-electron chi connectivity index (χ3n) is 6.93. The third kappa shape index (κ3) is 3.62. The van der Waals surface area contributed by atoms with Gasteiger partial charge in [-0.2, -0.15) is 10.1 Å². The lowest BCUT2D eigenvalue weighted by molar-refractivity contribution is -0.157. The number of nitrogens with two attached hydrogens (primary N) is 1. The first-order valence-corrected chi connectivity index (χ1v) is 11.9. The zero-order chi connectivity index (χ0) is 24.5. The molecule has 2 fully saturated rings. The van der Waals surface area contributed by atoms with Crippen LogP contribution in [0.5, 0.6) is 0 Å². The number of halogens is 1. The first kappa shape index (κ1) is 22.2. The number of carbonyl (C=O) groups excluding carboxylic acids is 1. The van der Waals surface area contributed by atoms with Gasteiger partial charge in [-0.05, 0) is 49.6 Å². The molecule has 4 heterocycles. The summed E-state index contributed by atoms with van der Waals surface area (Å²) in [6.07, 6.45) is 5.04. The van der Waals surface area contributed by atoms with Gasteiger partial charge in [0.15, 0.2) is 5.79 Å². The van der Waals surface area contributed by atoms with Crippen LogP contribution in [0.1, 0.15) is 48.1 Å². The highest BCUT2D eigenvalue weighted by Gasteiger charge is 2.55. The van der Waals surface area contributed by atoms with E-state index in [0.717, 1.165) is 29.5 Å². The normalized spacial score (nSPS) is 25.3. The van der Waals surface area contributed by atoms with Crippen LogP contribution in [0.25, 0.3) is 22.3 Å². The molecule has 6 rings (SSSR count). The summed E-state index contributed by atoms with van der Waals surface area (Å²) in [4.78, 5) is 20.2. The molecule has 35 heavy (non-hydrogen) atoms. The number of rotatable bonds is 4. The molecule has 0 unspecified atom stereocenters. The molecule has 2 N–H and O–H groups in total. The maximum absolute atomic E-state index is 11.4. The molecule has 0 radical (unpaired) electrons. The molecule has 1 aromatic carbocycles. The van der Waals surface area contributed by atoms with Gasteiger partial charge in [-0.15, -0.1) is 0 Å². The van der Waals surface area contributed by atoms with Crippen molar-refractivity contribution in [2.45, 2.75) is 50.2 Å². The highest BCUT2D eigenvalue weighted by molar-refractivity contribution is 6.29. The van der Waals surface area contributed by atoms with Crippen molar-refractivity contribution in [3.8, 4) is 11.3 Å². The van der Waals surface area contributed by atoms with Crippen LogP contribution >= 0.6 is 11.6 Å². The fourth-order valence-corrected chi connectivity index (χ4v) is 5.74. The quantitative estimate of drug-likeness (QED) is 0.337. The Labute approximate surface area is 206 Å². The van der Waals surface area contributed by atoms with Crippen LogP contribution < -0.4 is 5.73 Å². The molecule has 3 aromatic heterocycles. The molecule has 180 valence electrons. The Morgan fingerprint density at radius 3 is 2.74 bits per heavy atom. The van der Waals surface area contributed by atoms with Gasteiger partial charge in [0.05, 0.1) is 23.2 Å².